The van der Waals surface area contributed by atoms with E-state index in [0.717, 1.165) is 19.3 Å². The Morgan fingerprint density at radius 1 is 1.32 bits per heavy atom. The van der Waals surface area contributed by atoms with Crippen LogP contribution in [0.2, 0.25) is 0 Å². The normalized spacial score (nSPS) is 24.1. The van der Waals surface area contributed by atoms with Crippen molar-refractivity contribution < 1.29 is 8.42 Å². The highest BCUT2D eigenvalue weighted by Crippen LogP contribution is 2.26. The molecule has 2 N–H and O–H groups in total. The first kappa shape index (κ1) is 14.3. The SMILES string of the molecule is CNc1ncccc1S(=O)(=O)NC1CCCCC1C. The predicted octanol–water partition coefficient (Wildman–Crippen LogP) is 1.98. The van der Waals surface area contributed by atoms with Gasteiger partial charge in [-0.25, -0.2) is 18.1 Å². The zero-order valence-corrected chi connectivity index (χ0v) is 12.2. The molecule has 0 saturated heterocycles. The molecule has 0 radical (unpaired) electrons. The van der Waals surface area contributed by atoms with Gasteiger partial charge in [0.25, 0.3) is 0 Å². The average Bonchev–Trinajstić information content (AvgIpc) is 2.41. The summed E-state index contributed by atoms with van der Waals surface area (Å²) in [6.07, 6.45) is 5.85. The fraction of sp³-hybridized carbons (Fsp3) is 0.615. The van der Waals surface area contributed by atoms with Crippen LogP contribution in [0.4, 0.5) is 5.82 Å². The Kier molecular flexibility index (Phi) is 4.42. The molecule has 1 saturated carbocycles. The summed E-state index contributed by atoms with van der Waals surface area (Å²) >= 11 is 0. The molecule has 2 unspecified atom stereocenters. The molecule has 1 aromatic rings. The first-order chi connectivity index (χ1) is 9.04. The molecule has 1 fully saturated rings. The first-order valence-corrected chi connectivity index (χ1v) is 8.18. The lowest BCUT2D eigenvalue weighted by molar-refractivity contribution is 0.310. The van der Waals surface area contributed by atoms with Crippen molar-refractivity contribution in [2.45, 2.75) is 43.5 Å². The minimum atomic E-state index is -3.51. The van der Waals surface area contributed by atoms with Gasteiger partial charge < -0.3 is 5.32 Å². The third-order valence-electron chi connectivity index (χ3n) is 3.72. The van der Waals surface area contributed by atoms with Crippen LogP contribution in [0.5, 0.6) is 0 Å². The van der Waals surface area contributed by atoms with E-state index in [-0.39, 0.29) is 10.9 Å². The number of aromatic nitrogens is 1. The van der Waals surface area contributed by atoms with E-state index >= 15 is 0 Å². The predicted molar refractivity (Wildman–Crippen MR) is 75.5 cm³/mol. The van der Waals surface area contributed by atoms with Gasteiger partial charge in [0.2, 0.25) is 10.0 Å². The second-order valence-electron chi connectivity index (χ2n) is 5.09. The standard InChI is InChI=1S/C13H21N3O2S/c1-10-6-3-4-7-11(10)16-19(17,18)12-8-5-9-15-13(12)14-2/h5,8-11,16H,3-4,6-7H2,1-2H3,(H,14,15). The Bertz CT molecular complexity index is 530. The quantitative estimate of drug-likeness (QED) is 0.886. The zero-order valence-electron chi connectivity index (χ0n) is 11.4. The van der Waals surface area contributed by atoms with Crippen LogP contribution >= 0.6 is 0 Å². The summed E-state index contributed by atoms with van der Waals surface area (Å²) < 4.78 is 27.7. The molecule has 2 rings (SSSR count). The third-order valence-corrected chi connectivity index (χ3v) is 5.24. The fourth-order valence-corrected chi connectivity index (χ4v) is 4.09. The Morgan fingerprint density at radius 3 is 2.74 bits per heavy atom. The van der Waals surface area contributed by atoms with Gasteiger partial charge in [-0.15, -0.1) is 0 Å². The van der Waals surface area contributed by atoms with E-state index < -0.39 is 10.0 Å². The van der Waals surface area contributed by atoms with E-state index in [4.69, 9.17) is 0 Å². The Balaban J connectivity index is 2.22. The van der Waals surface area contributed by atoms with Crippen molar-refractivity contribution >= 4 is 15.8 Å². The topological polar surface area (TPSA) is 71.1 Å². The summed E-state index contributed by atoms with van der Waals surface area (Å²) in [6, 6.07) is 3.25. The van der Waals surface area contributed by atoms with Crippen LogP contribution in [0.15, 0.2) is 23.2 Å². The van der Waals surface area contributed by atoms with E-state index in [1.54, 1.807) is 25.4 Å². The minimum Gasteiger partial charge on any atom is -0.372 e. The highest BCUT2D eigenvalue weighted by atomic mass is 32.2. The van der Waals surface area contributed by atoms with E-state index in [9.17, 15) is 8.42 Å². The van der Waals surface area contributed by atoms with Crippen LogP contribution < -0.4 is 10.0 Å². The molecule has 6 heteroatoms. The van der Waals surface area contributed by atoms with Crippen molar-refractivity contribution in [2.24, 2.45) is 5.92 Å². The summed E-state index contributed by atoms with van der Waals surface area (Å²) in [6.45, 7) is 2.11. The summed E-state index contributed by atoms with van der Waals surface area (Å²) in [7, 11) is -1.84. The van der Waals surface area contributed by atoms with Gasteiger partial charge in [-0.1, -0.05) is 19.8 Å². The zero-order chi connectivity index (χ0) is 13.9. The second-order valence-corrected chi connectivity index (χ2v) is 6.77. The number of nitrogens with zero attached hydrogens (tertiary/aromatic N) is 1. The number of hydrogen-bond donors (Lipinski definition) is 2. The summed E-state index contributed by atoms with van der Waals surface area (Å²) in [5, 5.41) is 2.82. The van der Waals surface area contributed by atoms with E-state index in [0.29, 0.717) is 11.7 Å². The number of nitrogens with one attached hydrogen (secondary N) is 2. The van der Waals surface area contributed by atoms with Crippen molar-refractivity contribution in [3.8, 4) is 0 Å². The number of hydrogen-bond acceptors (Lipinski definition) is 4. The molecular formula is C13H21N3O2S. The van der Waals surface area contributed by atoms with Crippen molar-refractivity contribution in [1.29, 1.82) is 0 Å². The van der Waals surface area contributed by atoms with Gasteiger partial charge in [0.05, 0.1) is 0 Å². The summed E-state index contributed by atoms with van der Waals surface area (Å²) in [5.74, 6) is 0.775. The molecule has 0 amide bonds. The van der Waals surface area contributed by atoms with Gasteiger partial charge >= 0.3 is 0 Å². The van der Waals surface area contributed by atoms with Crippen LogP contribution in [0, 0.1) is 5.92 Å². The second kappa shape index (κ2) is 5.88. The Hall–Kier alpha value is -1.14. The third kappa shape index (κ3) is 3.25. The molecule has 0 aromatic carbocycles. The van der Waals surface area contributed by atoms with Crippen LogP contribution in [-0.2, 0) is 10.0 Å². The van der Waals surface area contributed by atoms with Crippen molar-refractivity contribution in [3.05, 3.63) is 18.3 Å². The summed E-state index contributed by atoms with van der Waals surface area (Å²) in [5.41, 5.74) is 0. The first-order valence-electron chi connectivity index (χ1n) is 6.69. The maximum atomic E-state index is 12.4. The number of anilines is 1. The van der Waals surface area contributed by atoms with E-state index in [2.05, 4.69) is 21.9 Å². The van der Waals surface area contributed by atoms with Gasteiger partial charge in [0.1, 0.15) is 10.7 Å². The monoisotopic (exact) mass is 283 g/mol. The minimum absolute atomic E-state index is 0.0312. The molecule has 5 nitrogen and oxygen atoms in total. The molecule has 1 aliphatic rings. The lowest BCUT2D eigenvalue weighted by Crippen LogP contribution is -2.41. The molecule has 0 aliphatic heterocycles. The van der Waals surface area contributed by atoms with Crippen LogP contribution in [0.1, 0.15) is 32.6 Å². The average molecular weight is 283 g/mol. The van der Waals surface area contributed by atoms with Gasteiger partial charge in [-0.3, -0.25) is 0 Å². The van der Waals surface area contributed by atoms with Crippen molar-refractivity contribution in [3.63, 3.8) is 0 Å². The molecule has 0 bridgehead atoms. The fourth-order valence-electron chi connectivity index (χ4n) is 2.55. The molecule has 1 aromatic heterocycles. The maximum absolute atomic E-state index is 12.4. The lowest BCUT2D eigenvalue weighted by Gasteiger charge is -2.29. The smallest absolute Gasteiger partial charge is 0.244 e. The van der Waals surface area contributed by atoms with Crippen LogP contribution in [0.25, 0.3) is 0 Å². The highest BCUT2D eigenvalue weighted by Gasteiger charge is 2.28. The van der Waals surface area contributed by atoms with Crippen LogP contribution in [-0.4, -0.2) is 26.5 Å². The Morgan fingerprint density at radius 2 is 2.05 bits per heavy atom. The molecule has 2 atom stereocenters. The highest BCUT2D eigenvalue weighted by molar-refractivity contribution is 7.89. The van der Waals surface area contributed by atoms with Crippen molar-refractivity contribution in [2.75, 3.05) is 12.4 Å². The van der Waals surface area contributed by atoms with Gasteiger partial charge in [0.15, 0.2) is 0 Å². The lowest BCUT2D eigenvalue weighted by atomic mass is 9.87. The molecule has 0 spiro atoms. The number of pyridine rings is 1. The van der Waals surface area contributed by atoms with Crippen molar-refractivity contribution in [1.82, 2.24) is 9.71 Å². The maximum Gasteiger partial charge on any atom is 0.244 e. The van der Waals surface area contributed by atoms with Gasteiger partial charge in [-0.2, -0.15) is 0 Å². The molecular weight excluding hydrogens is 262 g/mol. The van der Waals surface area contributed by atoms with E-state index in [1.165, 1.54) is 6.42 Å². The molecule has 1 heterocycles. The Labute approximate surface area is 114 Å². The largest absolute Gasteiger partial charge is 0.372 e. The molecule has 106 valence electrons. The molecule has 19 heavy (non-hydrogen) atoms. The van der Waals surface area contributed by atoms with Crippen LogP contribution in [0.3, 0.4) is 0 Å². The van der Waals surface area contributed by atoms with E-state index in [1.807, 2.05) is 0 Å². The number of sulfonamides is 1. The number of rotatable bonds is 4. The van der Waals surface area contributed by atoms with Gasteiger partial charge in [-0.05, 0) is 30.9 Å². The summed E-state index contributed by atoms with van der Waals surface area (Å²) in [4.78, 5) is 4.26. The molecule has 1 aliphatic carbocycles. The van der Waals surface area contributed by atoms with Gasteiger partial charge in [0, 0.05) is 19.3 Å².